The van der Waals surface area contributed by atoms with Crippen molar-refractivity contribution in [3.63, 3.8) is 0 Å². The number of hydrogen-bond acceptors (Lipinski definition) is 6. The van der Waals surface area contributed by atoms with Crippen LogP contribution in [-0.2, 0) is 17.6 Å². The summed E-state index contributed by atoms with van der Waals surface area (Å²) < 4.78 is 6.09. The molecule has 2 aliphatic rings. The summed E-state index contributed by atoms with van der Waals surface area (Å²) in [5, 5.41) is 13.8. The number of thiophene rings is 2. The van der Waals surface area contributed by atoms with Gasteiger partial charge in [0.1, 0.15) is 0 Å². The average molecular weight is 780 g/mol. The molecule has 4 nitrogen and oxygen atoms in total. The lowest BCUT2D eigenvalue weighted by Crippen LogP contribution is -2.53. The van der Waals surface area contributed by atoms with Gasteiger partial charge in [-0.3, -0.25) is 9.80 Å². The van der Waals surface area contributed by atoms with Crippen LogP contribution in [0.3, 0.4) is 0 Å². The van der Waals surface area contributed by atoms with E-state index in [4.69, 9.17) is 16.3 Å². The summed E-state index contributed by atoms with van der Waals surface area (Å²) in [6.07, 6.45) is 4.68. The van der Waals surface area contributed by atoms with Crippen molar-refractivity contribution in [3.8, 4) is 0 Å². The van der Waals surface area contributed by atoms with Gasteiger partial charge in [0.2, 0.25) is 0 Å². The molecule has 0 unspecified atom stereocenters. The van der Waals surface area contributed by atoms with Crippen LogP contribution < -0.4 is 0 Å². The monoisotopic (exact) mass is 778 g/mol. The molecule has 6 aromatic rings. The van der Waals surface area contributed by atoms with E-state index in [0.29, 0.717) is 12.1 Å². The number of alkyl halides is 1. The molecule has 2 fully saturated rings. The largest absolute Gasteiger partial charge is 0.390 e. The van der Waals surface area contributed by atoms with Crippen molar-refractivity contribution in [3.05, 3.63) is 188 Å². The van der Waals surface area contributed by atoms with E-state index in [1.165, 1.54) is 32.0 Å². The molecule has 54 heavy (non-hydrogen) atoms. The summed E-state index contributed by atoms with van der Waals surface area (Å²) in [5.74, 6) is 0.776. The molecular weight excluding hydrogens is 724 g/mol. The zero-order valence-corrected chi connectivity index (χ0v) is 32.7. The third-order valence-electron chi connectivity index (χ3n) is 9.60. The van der Waals surface area contributed by atoms with E-state index in [0.717, 1.165) is 64.3 Å². The van der Waals surface area contributed by atoms with Crippen LogP contribution in [0.2, 0.25) is 0 Å². The van der Waals surface area contributed by atoms with Gasteiger partial charge in [-0.15, -0.1) is 34.3 Å². The van der Waals surface area contributed by atoms with Gasteiger partial charge in [0.25, 0.3) is 0 Å². The van der Waals surface area contributed by atoms with Crippen molar-refractivity contribution < 1.29 is 9.84 Å². The van der Waals surface area contributed by atoms with Crippen molar-refractivity contribution in [2.75, 3.05) is 38.7 Å². The zero-order valence-electron chi connectivity index (χ0n) is 30.3. The van der Waals surface area contributed by atoms with Crippen molar-refractivity contribution in [2.45, 2.75) is 57.4 Å². The van der Waals surface area contributed by atoms with Gasteiger partial charge in [0, 0.05) is 48.4 Å². The molecule has 0 radical (unpaired) electrons. The number of halogens is 1. The Morgan fingerprint density at radius 1 is 0.556 bits per heavy atom. The van der Waals surface area contributed by atoms with Crippen LogP contribution in [-0.4, -0.2) is 65.8 Å². The fourth-order valence-corrected chi connectivity index (χ4v) is 8.54. The van der Waals surface area contributed by atoms with Gasteiger partial charge in [0.05, 0.1) is 24.3 Å². The maximum Gasteiger partial charge on any atom is 0.0829 e. The van der Waals surface area contributed by atoms with Crippen molar-refractivity contribution in [2.24, 2.45) is 0 Å². The Kier molecular flexibility index (Phi) is 17.5. The summed E-state index contributed by atoms with van der Waals surface area (Å²) in [4.78, 5) is 7.73. The number of aryl methyl sites for hydroxylation is 2. The minimum Gasteiger partial charge on any atom is -0.390 e. The number of benzene rings is 4. The smallest absolute Gasteiger partial charge is 0.0829 e. The Labute approximate surface area is 336 Å². The molecule has 2 aromatic heterocycles. The fraction of sp³-hybridized carbons (Fsp3) is 0.319. The minimum atomic E-state index is -0.167. The molecule has 0 spiro atoms. The number of aliphatic hydroxyl groups is 1. The molecule has 0 saturated carbocycles. The van der Waals surface area contributed by atoms with Gasteiger partial charge < -0.3 is 9.84 Å². The lowest BCUT2D eigenvalue weighted by atomic mass is 9.94. The second kappa shape index (κ2) is 22.7. The number of β-amino-alcohol motifs (C(OH)–C–C–N with tert-alkyl or cyclic N) is 1. The quantitative estimate of drug-likeness (QED) is 0.0882. The Balaban J connectivity index is 0.000000173. The predicted molar refractivity (Wildman–Crippen MR) is 231 cm³/mol. The topological polar surface area (TPSA) is 35.9 Å². The highest BCUT2D eigenvalue weighted by Gasteiger charge is 2.35. The Bertz CT molecular complexity index is 1720. The van der Waals surface area contributed by atoms with E-state index in [9.17, 15) is 5.11 Å². The maximum absolute atomic E-state index is 9.52. The van der Waals surface area contributed by atoms with Gasteiger partial charge >= 0.3 is 0 Å². The van der Waals surface area contributed by atoms with Gasteiger partial charge in [-0.2, -0.15) is 0 Å². The Hall–Kier alpha value is -3.59. The lowest BCUT2D eigenvalue weighted by Gasteiger charge is -2.44. The van der Waals surface area contributed by atoms with Crippen molar-refractivity contribution in [1.82, 2.24) is 9.80 Å². The number of likely N-dealkylation sites (tertiary alicyclic amines) is 2. The van der Waals surface area contributed by atoms with Crippen LogP contribution >= 0.6 is 34.3 Å². The van der Waals surface area contributed by atoms with Crippen LogP contribution in [0.4, 0.5) is 0 Å². The summed E-state index contributed by atoms with van der Waals surface area (Å²) in [6.45, 7) is 4.39. The minimum absolute atomic E-state index is 0. The zero-order chi connectivity index (χ0) is 36.5. The van der Waals surface area contributed by atoms with Crippen molar-refractivity contribution in [1.29, 1.82) is 0 Å². The molecule has 0 aliphatic carbocycles. The van der Waals surface area contributed by atoms with E-state index in [2.05, 4.69) is 154 Å². The van der Waals surface area contributed by atoms with Crippen LogP contribution in [0.1, 0.15) is 64.4 Å². The van der Waals surface area contributed by atoms with E-state index < -0.39 is 0 Å². The third-order valence-corrected chi connectivity index (χ3v) is 11.7. The maximum atomic E-state index is 9.52. The van der Waals surface area contributed by atoms with Gasteiger partial charge in [0.15, 0.2) is 0 Å². The van der Waals surface area contributed by atoms with Gasteiger partial charge in [-0.1, -0.05) is 141 Å². The van der Waals surface area contributed by atoms with E-state index in [1.54, 1.807) is 11.3 Å². The molecule has 2 saturated heterocycles. The normalized spacial score (nSPS) is 14.6. The summed E-state index contributed by atoms with van der Waals surface area (Å²) >= 11 is 9.16. The molecule has 7 heteroatoms. The highest BCUT2D eigenvalue weighted by molar-refractivity contribution is 7.10. The molecule has 0 bridgehead atoms. The SMILES string of the molecule is C.ClCCCc1cccs1.OC1CN(C(c2ccccc2)c2ccccc2)C1.c1ccc(C(c2ccccc2)N2CC(OCCCc3cccs3)C2)cc1. The molecular formula is C47H55ClN2O2S2. The fourth-order valence-electron chi connectivity index (χ4n) is 6.90. The summed E-state index contributed by atoms with van der Waals surface area (Å²) in [6, 6.07) is 51.7. The first-order valence-electron chi connectivity index (χ1n) is 18.8. The first-order valence-corrected chi connectivity index (χ1v) is 21.1. The molecule has 0 amide bonds. The molecule has 0 atom stereocenters. The number of aliphatic hydroxyl groups excluding tert-OH is 1. The number of hydrogen-bond donors (Lipinski definition) is 1. The van der Waals surface area contributed by atoms with Gasteiger partial charge in [-0.25, -0.2) is 0 Å². The molecule has 284 valence electrons. The lowest BCUT2D eigenvalue weighted by molar-refractivity contribution is -0.0668. The first kappa shape index (κ1) is 41.6. The van der Waals surface area contributed by atoms with Gasteiger partial charge in [-0.05, 0) is 70.8 Å². The summed E-state index contributed by atoms with van der Waals surface area (Å²) in [5.41, 5.74) is 5.29. The average Bonchev–Trinajstić information content (AvgIpc) is 3.91. The Morgan fingerprint density at radius 3 is 1.30 bits per heavy atom. The number of rotatable bonds is 14. The van der Waals surface area contributed by atoms with E-state index >= 15 is 0 Å². The van der Waals surface area contributed by atoms with Crippen molar-refractivity contribution >= 4 is 34.3 Å². The molecule has 4 heterocycles. The predicted octanol–water partition coefficient (Wildman–Crippen LogP) is 11.2. The van der Waals surface area contributed by atoms with Crippen LogP contribution in [0.5, 0.6) is 0 Å². The molecule has 4 aromatic carbocycles. The standard InChI is InChI=1S/C23H25NOS.C16H17NO.C7H9ClS.CH4/c1-3-9-19(10-4-1)23(20-11-5-2-6-12-20)24-17-21(18-24)25-15-7-13-22-14-8-16-26-22;18-15-11-17(12-15)16(13-7-3-1-4-8-13)14-9-5-2-6-10-14;8-5-1-3-7-4-2-6-9-7;/h1-6,8-12,14,16,21,23H,7,13,15,17-18H2;1-10,15-16,18H,11-12H2;2,4,6H,1,3,5H2;1H4. The molecule has 2 aliphatic heterocycles. The van der Waals surface area contributed by atoms with E-state index in [1.807, 2.05) is 23.5 Å². The highest BCUT2D eigenvalue weighted by Crippen LogP contribution is 2.34. The van der Waals surface area contributed by atoms with E-state index in [-0.39, 0.29) is 19.6 Å². The highest BCUT2D eigenvalue weighted by atomic mass is 35.5. The first-order chi connectivity index (χ1) is 26.2. The summed E-state index contributed by atoms with van der Waals surface area (Å²) in [7, 11) is 0. The molecule has 1 N–H and O–H groups in total. The number of nitrogens with zero attached hydrogens (tertiary/aromatic N) is 2. The van der Waals surface area contributed by atoms with Crippen LogP contribution in [0.25, 0.3) is 0 Å². The number of ether oxygens (including phenoxy) is 1. The Morgan fingerprint density at radius 2 is 0.944 bits per heavy atom. The van der Waals surface area contributed by atoms with Crippen LogP contribution in [0, 0.1) is 0 Å². The second-order valence-electron chi connectivity index (χ2n) is 13.6. The third kappa shape index (κ3) is 12.5. The molecule has 8 rings (SSSR count). The second-order valence-corrected chi connectivity index (χ2v) is 16.0. The van der Waals surface area contributed by atoms with Crippen LogP contribution in [0.15, 0.2) is 156 Å².